The zero-order chi connectivity index (χ0) is 20.8. The maximum absolute atomic E-state index is 14.2. The SMILES string of the molecule is Cc1nn(-c2ccc(Cl)nn2)c2c1[C@H](c1ccc(-c3ccccc3F)o1)CC(=O)N2. The Kier molecular flexibility index (Phi) is 4.36. The van der Waals surface area contributed by atoms with Gasteiger partial charge in [-0.3, -0.25) is 4.79 Å². The van der Waals surface area contributed by atoms with Gasteiger partial charge in [-0.25, -0.2) is 4.39 Å². The van der Waals surface area contributed by atoms with Crippen molar-refractivity contribution in [1.29, 1.82) is 0 Å². The second-order valence-electron chi connectivity index (χ2n) is 6.96. The van der Waals surface area contributed by atoms with E-state index < -0.39 is 0 Å². The molecule has 0 radical (unpaired) electrons. The van der Waals surface area contributed by atoms with E-state index in [0.717, 1.165) is 11.3 Å². The van der Waals surface area contributed by atoms with Crippen LogP contribution in [0.2, 0.25) is 5.15 Å². The maximum atomic E-state index is 14.2. The lowest BCUT2D eigenvalue weighted by Gasteiger charge is -2.22. The Hall–Kier alpha value is -3.52. The zero-order valence-electron chi connectivity index (χ0n) is 15.8. The molecule has 1 N–H and O–H groups in total. The number of aryl methyl sites for hydroxylation is 1. The van der Waals surface area contributed by atoms with Crippen LogP contribution in [0, 0.1) is 12.7 Å². The lowest BCUT2D eigenvalue weighted by atomic mass is 9.90. The topological polar surface area (TPSA) is 85.8 Å². The molecule has 5 rings (SSSR count). The Balaban J connectivity index is 1.59. The van der Waals surface area contributed by atoms with Crippen molar-refractivity contribution in [2.24, 2.45) is 0 Å². The molecule has 0 spiro atoms. The first-order valence-electron chi connectivity index (χ1n) is 9.25. The molecule has 4 aromatic rings. The number of anilines is 1. The average molecular weight is 424 g/mol. The molecule has 0 unspecified atom stereocenters. The minimum atomic E-state index is -0.370. The fourth-order valence-corrected chi connectivity index (χ4v) is 3.82. The average Bonchev–Trinajstić information content (AvgIpc) is 3.34. The van der Waals surface area contributed by atoms with Gasteiger partial charge in [-0.2, -0.15) is 9.78 Å². The van der Waals surface area contributed by atoms with Crippen LogP contribution in [-0.2, 0) is 4.79 Å². The molecule has 0 saturated carbocycles. The molecule has 4 heterocycles. The summed E-state index contributed by atoms with van der Waals surface area (Å²) in [6.07, 6.45) is 0.191. The van der Waals surface area contributed by atoms with E-state index in [1.165, 1.54) is 10.7 Å². The second-order valence-corrected chi connectivity index (χ2v) is 7.35. The second kappa shape index (κ2) is 7.07. The van der Waals surface area contributed by atoms with Crippen molar-refractivity contribution < 1.29 is 13.6 Å². The van der Waals surface area contributed by atoms with Gasteiger partial charge in [-0.05, 0) is 43.3 Å². The number of fused-ring (bicyclic) bond motifs is 1. The van der Waals surface area contributed by atoms with Gasteiger partial charge in [0, 0.05) is 12.0 Å². The van der Waals surface area contributed by atoms with Gasteiger partial charge in [0.1, 0.15) is 23.2 Å². The number of carbonyl (C=O) groups is 1. The maximum Gasteiger partial charge on any atom is 0.226 e. The van der Waals surface area contributed by atoms with E-state index in [0.29, 0.717) is 28.7 Å². The zero-order valence-corrected chi connectivity index (χ0v) is 16.5. The summed E-state index contributed by atoms with van der Waals surface area (Å²) in [4.78, 5) is 12.5. The van der Waals surface area contributed by atoms with Gasteiger partial charge in [0.05, 0.1) is 17.2 Å². The molecule has 0 bridgehead atoms. The van der Waals surface area contributed by atoms with E-state index in [1.807, 2.05) is 6.92 Å². The van der Waals surface area contributed by atoms with Crippen LogP contribution in [0.1, 0.15) is 29.4 Å². The summed E-state index contributed by atoms with van der Waals surface area (Å²) in [6, 6.07) is 13.2. The number of benzene rings is 1. The highest BCUT2D eigenvalue weighted by atomic mass is 35.5. The van der Waals surface area contributed by atoms with E-state index in [-0.39, 0.29) is 29.2 Å². The van der Waals surface area contributed by atoms with Crippen molar-refractivity contribution in [2.75, 3.05) is 5.32 Å². The molecule has 0 saturated heterocycles. The number of nitrogens with one attached hydrogen (secondary N) is 1. The Morgan fingerprint density at radius 3 is 2.77 bits per heavy atom. The number of halogens is 2. The van der Waals surface area contributed by atoms with Crippen LogP contribution in [0.4, 0.5) is 10.2 Å². The molecule has 0 aliphatic carbocycles. The van der Waals surface area contributed by atoms with Crippen LogP contribution < -0.4 is 5.32 Å². The third-order valence-corrected chi connectivity index (χ3v) is 5.25. The van der Waals surface area contributed by atoms with E-state index in [9.17, 15) is 9.18 Å². The summed E-state index contributed by atoms with van der Waals surface area (Å²) in [5.74, 6) is 0.998. The quantitative estimate of drug-likeness (QED) is 0.524. The smallest absolute Gasteiger partial charge is 0.226 e. The van der Waals surface area contributed by atoms with E-state index in [1.54, 1.807) is 42.5 Å². The minimum Gasteiger partial charge on any atom is -0.460 e. The predicted octanol–water partition coefficient (Wildman–Crippen LogP) is 4.50. The van der Waals surface area contributed by atoms with Gasteiger partial charge in [-0.15, -0.1) is 10.2 Å². The minimum absolute atomic E-state index is 0.181. The van der Waals surface area contributed by atoms with Crippen molar-refractivity contribution in [2.45, 2.75) is 19.3 Å². The third kappa shape index (κ3) is 3.05. The van der Waals surface area contributed by atoms with Crippen molar-refractivity contribution in [3.05, 3.63) is 76.5 Å². The summed E-state index contributed by atoms with van der Waals surface area (Å²) < 4.78 is 21.7. The predicted molar refractivity (Wildman–Crippen MR) is 108 cm³/mol. The molecule has 1 atom stereocenters. The number of rotatable bonds is 3. The number of hydrogen-bond acceptors (Lipinski definition) is 5. The van der Waals surface area contributed by atoms with Crippen LogP contribution in [0.15, 0.2) is 52.9 Å². The molecule has 1 aliphatic heterocycles. The number of carbonyl (C=O) groups excluding carboxylic acids is 1. The standard InChI is InChI=1S/C21H15ClFN5O2/c1-11-20-13(16-7-6-15(30-16)12-4-2-3-5-14(12)23)10-19(29)24-21(20)28(27-11)18-9-8-17(22)25-26-18/h2-9,13H,10H2,1H3,(H,24,29)/t13-/m0/s1. The van der Waals surface area contributed by atoms with Crippen molar-refractivity contribution in [1.82, 2.24) is 20.0 Å². The molecule has 9 heteroatoms. The Labute approximate surface area is 175 Å². The highest BCUT2D eigenvalue weighted by Gasteiger charge is 2.35. The van der Waals surface area contributed by atoms with E-state index in [4.69, 9.17) is 16.0 Å². The number of hydrogen-bond donors (Lipinski definition) is 1. The Bertz CT molecular complexity index is 1260. The number of furan rings is 1. The highest BCUT2D eigenvalue weighted by Crippen LogP contribution is 2.41. The van der Waals surface area contributed by atoms with Gasteiger partial charge in [-0.1, -0.05) is 23.7 Å². The molecule has 3 aromatic heterocycles. The molecule has 7 nitrogen and oxygen atoms in total. The fourth-order valence-electron chi connectivity index (χ4n) is 3.72. The summed E-state index contributed by atoms with van der Waals surface area (Å²) in [6.45, 7) is 1.85. The van der Waals surface area contributed by atoms with Gasteiger partial charge >= 0.3 is 0 Å². The lowest BCUT2D eigenvalue weighted by molar-refractivity contribution is -0.116. The number of aromatic nitrogens is 4. The van der Waals surface area contributed by atoms with E-state index in [2.05, 4.69) is 20.6 Å². The molecular formula is C21H15ClFN5O2. The lowest BCUT2D eigenvalue weighted by Crippen LogP contribution is -2.24. The van der Waals surface area contributed by atoms with Crippen molar-refractivity contribution in [3.8, 4) is 17.1 Å². The molecule has 0 fully saturated rings. The van der Waals surface area contributed by atoms with Crippen molar-refractivity contribution >= 4 is 23.3 Å². The van der Waals surface area contributed by atoms with Crippen LogP contribution in [0.25, 0.3) is 17.1 Å². The first-order chi connectivity index (χ1) is 14.5. The molecule has 1 aromatic carbocycles. The van der Waals surface area contributed by atoms with Crippen LogP contribution in [0.3, 0.4) is 0 Å². The van der Waals surface area contributed by atoms with Gasteiger partial charge in [0.25, 0.3) is 0 Å². The fraction of sp³-hybridized carbons (Fsp3) is 0.143. The van der Waals surface area contributed by atoms with Crippen molar-refractivity contribution in [3.63, 3.8) is 0 Å². The molecule has 1 amide bonds. The highest BCUT2D eigenvalue weighted by molar-refractivity contribution is 6.29. The summed E-state index contributed by atoms with van der Waals surface area (Å²) in [5.41, 5.74) is 1.91. The monoisotopic (exact) mass is 423 g/mol. The first-order valence-corrected chi connectivity index (χ1v) is 9.62. The normalized spacial score (nSPS) is 15.7. The van der Waals surface area contributed by atoms with Gasteiger partial charge < -0.3 is 9.73 Å². The molecule has 30 heavy (non-hydrogen) atoms. The Morgan fingerprint density at radius 1 is 1.17 bits per heavy atom. The number of amides is 1. The van der Waals surface area contributed by atoms with Crippen LogP contribution in [0.5, 0.6) is 0 Å². The first kappa shape index (κ1) is 18.5. The molecule has 1 aliphatic rings. The number of nitrogens with zero attached hydrogens (tertiary/aromatic N) is 4. The van der Waals surface area contributed by atoms with E-state index >= 15 is 0 Å². The summed E-state index contributed by atoms with van der Waals surface area (Å²) >= 11 is 5.83. The molecule has 150 valence electrons. The van der Waals surface area contributed by atoms with Crippen LogP contribution in [-0.4, -0.2) is 25.9 Å². The largest absolute Gasteiger partial charge is 0.460 e. The Morgan fingerprint density at radius 2 is 2.00 bits per heavy atom. The van der Waals surface area contributed by atoms with Gasteiger partial charge in [0.2, 0.25) is 5.91 Å². The van der Waals surface area contributed by atoms with Gasteiger partial charge in [0.15, 0.2) is 11.0 Å². The van der Waals surface area contributed by atoms with Crippen LogP contribution >= 0.6 is 11.6 Å². The summed E-state index contributed by atoms with van der Waals surface area (Å²) in [7, 11) is 0. The summed E-state index contributed by atoms with van der Waals surface area (Å²) in [5, 5.41) is 15.6. The molecular weight excluding hydrogens is 409 g/mol. The third-order valence-electron chi connectivity index (χ3n) is 5.05.